The molecular weight excluding hydrogens is 202 g/mol. The Balaban J connectivity index is 1.70. The van der Waals surface area contributed by atoms with E-state index in [9.17, 15) is 0 Å². The van der Waals surface area contributed by atoms with E-state index in [0.717, 1.165) is 31.0 Å². The summed E-state index contributed by atoms with van der Waals surface area (Å²) in [4.78, 5) is 8.45. The van der Waals surface area contributed by atoms with Crippen molar-refractivity contribution < 1.29 is 0 Å². The fourth-order valence-corrected chi connectivity index (χ4v) is 1.35. The molecule has 0 aliphatic rings. The van der Waals surface area contributed by atoms with Gasteiger partial charge in [-0.05, 0) is 13.0 Å². The first-order valence-electron chi connectivity index (χ1n) is 5.30. The lowest BCUT2D eigenvalue weighted by Gasteiger charge is -2.04. The number of hydrogen-bond acceptors (Lipinski definition) is 4. The quantitative estimate of drug-likeness (QED) is 0.752. The predicted molar refractivity (Wildman–Crippen MR) is 60.7 cm³/mol. The molecule has 0 aliphatic heterocycles. The van der Waals surface area contributed by atoms with Crippen molar-refractivity contribution >= 4 is 0 Å². The van der Waals surface area contributed by atoms with E-state index < -0.39 is 0 Å². The Kier molecular flexibility index (Phi) is 3.61. The van der Waals surface area contributed by atoms with E-state index >= 15 is 0 Å². The second-order valence-electron chi connectivity index (χ2n) is 3.60. The second-order valence-corrected chi connectivity index (χ2v) is 3.60. The Morgan fingerprint density at radius 2 is 2.25 bits per heavy atom. The van der Waals surface area contributed by atoms with E-state index in [1.54, 1.807) is 18.6 Å². The van der Waals surface area contributed by atoms with Gasteiger partial charge in [0, 0.05) is 37.9 Å². The normalized spacial score (nSPS) is 10.6. The van der Waals surface area contributed by atoms with Crippen LogP contribution in [-0.2, 0) is 13.1 Å². The van der Waals surface area contributed by atoms with Crippen LogP contribution in [0.1, 0.15) is 11.4 Å². The molecule has 0 unspecified atom stereocenters. The first-order chi connectivity index (χ1) is 7.84. The Morgan fingerprint density at radius 1 is 1.31 bits per heavy atom. The molecule has 84 valence electrons. The van der Waals surface area contributed by atoms with Crippen molar-refractivity contribution in [3.05, 3.63) is 42.2 Å². The van der Waals surface area contributed by atoms with Crippen LogP contribution in [-0.4, -0.2) is 26.3 Å². The maximum absolute atomic E-state index is 4.27. The summed E-state index contributed by atoms with van der Waals surface area (Å²) in [6.45, 7) is 4.42. The minimum Gasteiger partial charge on any atom is -0.309 e. The third-order valence-electron chi connectivity index (χ3n) is 2.22. The van der Waals surface area contributed by atoms with Gasteiger partial charge in [0.2, 0.25) is 0 Å². The third kappa shape index (κ3) is 3.13. The molecule has 2 rings (SSSR count). The number of rotatable bonds is 5. The summed E-state index contributed by atoms with van der Waals surface area (Å²) in [6.07, 6.45) is 7.32. The molecule has 0 saturated carbocycles. The van der Waals surface area contributed by atoms with Crippen LogP contribution >= 0.6 is 0 Å². The van der Waals surface area contributed by atoms with Gasteiger partial charge in [0.05, 0.1) is 17.9 Å². The van der Waals surface area contributed by atoms with E-state index in [1.165, 1.54) is 0 Å². The van der Waals surface area contributed by atoms with Gasteiger partial charge in [-0.3, -0.25) is 14.6 Å². The van der Waals surface area contributed by atoms with E-state index in [0.29, 0.717) is 0 Å². The lowest BCUT2D eigenvalue weighted by atomic mass is 10.4. The van der Waals surface area contributed by atoms with Crippen LogP contribution in [0.3, 0.4) is 0 Å². The summed E-state index contributed by atoms with van der Waals surface area (Å²) in [6, 6.07) is 1.92. The molecule has 5 nitrogen and oxygen atoms in total. The van der Waals surface area contributed by atoms with Gasteiger partial charge in [0.25, 0.3) is 0 Å². The minimum absolute atomic E-state index is 0.745. The fourth-order valence-electron chi connectivity index (χ4n) is 1.35. The van der Waals surface area contributed by atoms with Gasteiger partial charge in [-0.15, -0.1) is 0 Å². The van der Waals surface area contributed by atoms with Crippen LogP contribution in [0.25, 0.3) is 0 Å². The molecule has 2 aromatic rings. The molecule has 0 bridgehead atoms. The van der Waals surface area contributed by atoms with Crippen LogP contribution in [0.15, 0.2) is 30.9 Å². The van der Waals surface area contributed by atoms with Gasteiger partial charge in [-0.1, -0.05) is 0 Å². The van der Waals surface area contributed by atoms with E-state index in [-0.39, 0.29) is 0 Å². The van der Waals surface area contributed by atoms with Crippen LogP contribution < -0.4 is 5.32 Å². The average Bonchev–Trinajstić information content (AvgIpc) is 2.80. The van der Waals surface area contributed by atoms with Crippen molar-refractivity contribution in [3.63, 3.8) is 0 Å². The van der Waals surface area contributed by atoms with Crippen molar-refractivity contribution in [1.29, 1.82) is 0 Å². The number of nitrogens with one attached hydrogen (secondary N) is 1. The van der Waals surface area contributed by atoms with Gasteiger partial charge < -0.3 is 5.32 Å². The van der Waals surface area contributed by atoms with Crippen LogP contribution in [0.2, 0.25) is 0 Å². The van der Waals surface area contributed by atoms with Gasteiger partial charge in [0.1, 0.15) is 0 Å². The zero-order valence-corrected chi connectivity index (χ0v) is 9.30. The third-order valence-corrected chi connectivity index (χ3v) is 2.22. The lowest BCUT2D eigenvalue weighted by molar-refractivity contribution is 0.551. The molecule has 16 heavy (non-hydrogen) atoms. The molecule has 0 fully saturated rings. The Labute approximate surface area is 94.5 Å². The fraction of sp³-hybridized carbons (Fsp3) is 0.364. The van der Waals surface area contributed by atoms with Crippen LogP contribution in [0, 0.1) is 6.92 Å². The number of nitrogens with zero attached hydrogens (tertiary/aromatic N) is 4. The molecule has 1 N–H and O–H groups in total. The summed E-state index contributed by atoms with van der Waals surface area (Å²) in [7, 11) is 0. The van der Waals surface area contributed by atoms with Crippen LogP contribution in [0.4, 0.5) is 0 Å². The van der Waals surface area contributed by atoms with E-state index in [1.807, 2.05) is 23.9 Å². The largest absolute Gasteiger partial charge is 0.309 e. The van der Waals surface area contributed by atoms with Crippen molar-refractivity contribution in [3.8, 4) is 0 Å². The smallest absolute Gasteiger partial charge is 0.0724 e. The molecule has 0 amide bonds. The SMILES string of the molecule is Cc1cnc(CNCCn2cccn2)cn1. The van der Waals surface area contributed by atoms with Crippen molar-refractivity contribution in [2.24, 2.45) is 0 Å². The molecule has 0 spiro atoms. The molecule has 0 saturated heterocycles. The summed E-state index contributed by atoms with van der Waals surface area (Å²) in [5, 5.41) is 7.42. The zero-order valence-electron chi connectivity index (χ0n) is 9.30. The topological polar surface area (TPSA) is 55.6 Å². The maximum atomic E-state index is 4.27. The summed E-state index contributed by atoms with van der Waals surface area (Å²) in [5.74, 6) is 0. The summed E-state index contributed by atoms with van der Waals surface area (Å²) >= 11 is 0. The number of aryl methyl sites for hydroxylation is 1. The first kappa shape index (κ1) is 10.8. The predicted octanol–water partition coefficient (Wildman–Crippen LogP) is 0.771. The zero-order chi connectivity index (χ0) is 11.2. The van der Waals surface area contributed by atoms with Crippen molar-refractivity contribution in [1.82, 2.24) is 25.1 Å². The molecule has 2 aromatic heterocycles. The number of aromatic nitrogens is 4. The van der Waals surface area contributed by atoms with Crippen molar-refractivity contribution in [2.45, 2.75) is 20.0 Å². The highest BCUT2D eigenvalue weighted by Gasteiger charge is 1.95. The minimum atomic E-state index is 0.745. The van der Waals surface area contributed by atoms with E-state index in [4.69, 9.17) is 0 Å². The molecule has 0 aromatic carbocycles. The molecule has 0 radical (unpaired) electrons. The molecular formula is C11H15N5. The highest BCUT2D eigenvalue weighted by molar-refractivity contribution is 5.00. The highest BCUT2D eigenvalue weighted by atomic mass is 15.3. The monoisotopic (exact) mass is 217 g/mol. The lowest BCUT2D eigenvalue weighted by Crippen LogP contribution is -2.20. The number of hydrogen-bond donors (Lipinski definition) is 1. The Morgan fingerprint density at radius 3 is 2.94 bits per heavy atom. The molecule has 0 atom stereocenters. The summed E-state index contributed by atoms with van der Waals surface area (Å²) < 4.78 is 1.90. The van der Waals surface area contributed by atoms with Gasteiger partial charge >= 0.3 is 0 Å². The Bertz CT molecular complexity index is 406. The van der Waals surface area contributed by atoms with Gasteiger partial charge in [-0.25, -0.2) is 0 Å². The van der Waals surface area contributed by atoms with Crippen LogP contribution in [0.5, 0.6) is 0 Å². The molecule has 2 heterocycles. The van der Waals surface area contributed by atoms with Crippen molar-refractivity contribution in [2.75, 3.05) is 6.54 Å². The average molecular weight is 217 g/mol. The maximum Gasteiger partial charge on any atom is 0.0724 e. The van der Waals surface area contributed by atoms with Gasteiger partial charge in [-0.2, -0.15) is 5.10 Å². The molecule has 5 heteroatoms. The summed E-state index contributed by atoms with van der Waals surface area (Å²) in [5.41, 5.74) is 1.91. The molecule has 0 aliphatic carbocycles. The highest BCUT2D eigenvalue weighted by Crippen LogP contribution is 1.93. The standard InChI is InChI=1S/C11H15N5/c1-10-7-14-11(9-13-10)8-12-4-6-16-5-2-3-15-16/h2-3,5,7,9,12H,4,6,8H2,1H3. The second kappa shape index (κ2) is 5.37. The van der Waals surface area contributed by atoms with E-state index in [2.05, 4.69) is 20.4 Å². The van der Waals surface area contributed by atoms with Gasteiger partial charge in [0.15, 0.2) is 0 Å². The first-order valence-corrected chi connectivity index (χ1v) is 5.30. The Hall–Kier alpha value is -1.75.